The van der Waals surface area contributed by atoms with Crippen LogP contribution in [0.3, 0.4) is 0 Å². The van der Waals surface area contributed by atoms with Gasteiger partial charge in [0, 0.05) is 6.04 Å². The van der Waals surface area contributed by atoms with Gasteiger partial charge in [0.25, 0.3) is 0 Å². The lowest BCUT2D eigenvalue weighted by atomic mass is 9.99. The Labute approximate surface area is 126 Å². The molecule has 2 heteroatoms. The van der Waals surface area contributed by atoms with Crippen LogP contribution >= 0.6 is 0 Å². The van der Waals surface area contributed by atoms with Crippen LogP contribution in [0, 0.1) is 12.7 Å². The fourth-order valence-electron chi connectivity index (χ4n) is 3.10. The van der Waals surface area contributed by atoms with E-state index in [1.54, 1.807) is 13.0 Å². The highest BCUT2D eigenvalue weighted by Crippen LogP contribution is 2.34. The van der Waals surface area contributed by atoms with Crippen LogP contribution in [0.1, 0.15) is 42.5 Å². The average Bonchev–Trinajstić information content (AvgIpc) is 2.90. The van der Waals surface area contributed by atoms with Crippen LogP contribution in [0.4, 0.5) is 4.39 Å². The summed E-state index contributed by atoms with van der Waals surface area (Å²) in [6.45, 7) is 5.05. The number of nitrogens with one attached hydrogen (secondary N) is 1. The standard InChI is InChI=1S/C19H22FN/c1-3-10-21-19-9-7-16-11-14(6-8-17(16)19)15-5-4-13(2)18(20)12-15/h4-6,8,11-12,19,21H,3,7,9-10H2,1-2H3. The zero-order valence-corrected chi connectivity index (χ0v) is 12.7. The Balaban J connectivity index is 1.88. The Morgan fingerprint density at radius 1 is 1.14 bits per heavy atom. The van der Waals surface area contributed by atoms with E-state index in [2.05, 4.69) is 30.4 Å². The van der Waals surface area contributed by atoms with Crippen molar-refractivity contribution < 1.29 is 4.39 Å². The predicted molar refractivity (Wildman–Crippen MR) is 85.9 cm³/mol. The lowest BCUT2D eigenvalue weighted by Gasteiger charge is -2.14. The molecule has 0 aromatic heterocycles. The number of fused-ring (bicyclic) bond motifs is 1. The predicted octanol–water partition coefficient (Wildman–Crippen LogP) is 4.79. The summed E-state index contributed by atoms with van der Waals surface area (Å²) in [5.41, 5.74) is 5.60. The molecule has 0 saturated carbocycles. The van der Waals surface area contributed by atoms with Gasteiger partial charge in [-0.25, -0.2) is 4.39 Å². The van der Waals surface area contributed by atoms with Crippen LogP contribution in [-0.2, 0) is 6.42 Å². The van der Waals surface area contributed by atoms with Crippen LogP contribution in [0.15, 0.2) is 36.4 Å². The van der Waals surface area contributed by atoms with Gasteiger partial charge in [-0.05, 0) is 66.6 Å². The van der Waals surface area contributed by atoms with E-state index in [0.29, 0.717) is 11.6 Å². The van der Waals surface area contributed by atoms with Gasteiger partial charge in [-0.3, -0.25) is 0 Å². The first-order chi connectivity index (χ1) is 10.2. The molecule has 0 amide bonds. The third kappa shape index (κ3) is 2.86. The Morgan fingerprint density at radius 3 is 2.67 bits per heavy atom. The second-order valence-corrected chi connectivity index (χ2v) is 5.92. The fourth-order valence-corrected chi connectivity index (χ4v) is 3.10. The summed E-state index contributed by atoms with van der Waals surface area (Å²) >= 11 is 0. The molecule has 1 atom stereocenters. The largest absolute Gasteiger partial charge is 0.310 e. The summed E-state index contributed by atoms with van der Waals surface area (Å²) in [6, 6.07) is 12.5. The molecule has 0 heterocycles. The minimum absolute atomic E-state index is 0.129. The number of benzene rings is 2. The van der Waals surface area contributed by atoms with E-state index in [9.17, 15) is 4.39 Å². The van der Waals surface area contributed by atoms with Crippen molar-refractivity contribution in [3.63, 3.8) is 0 Å². The number of aryl methyl sites for hydroxylation is 2. The smallest absolute Gasteiger partial charge is 0.126 e. The Morgan fingerprint density at radius 2 is 1.90 bits per heavy atom. The van der Waals surface area contributed by atoms with Crippen molar-refractivity contribution in [3.8, 4) is 11.1 Å². The summed E-state index contributed by atoms with van der Waals surface area (Å²) in [5, 5.41) is 3.60. The second kappa shape index (κ2) is 5.98. The van der Waals surface area contributed by atoms with Gasteiger partial charge >= 0.3 is 0 Å². The Bertz CT molecular complexity index is 648. The molecule has 2 aromatic rings. The quantitative estimate of drug-likeness (QED) is 0.851. The van der Waals surface area contributed by atoms with Crippen molar-refractivity contribution >= 4 is 0 Å². The van der Waals surface area contributed by atoms with Crippen molar-refractivity contribution in [2.75, 3.05) is 6.54 Å². The van der Waals surface area contributed by atoms with Gasteiger partial charge in [-0.15, -0.1) is 0 Å². The number of rotatable bonds is 4. The molecule has 1 aliphatic rings. The first kappa shape index (κ1) is 14.3. The maximum absolute atomic E-state index is 13.7. The molecule has 0 saturated heterocycles. The molecule has 0 spiro atoms. The van der Waals surface area contributed by atoms with E-state index >= 15 is 0 Å². The maximum Gasteiger partial charge on any atom is 0.126 e. The molecular formula is C19H22FN. The van der Waals surface area contributed by atoms with E-state index in [0.717, 1.165) is 30.5 Å². The van der Waals surface area contributed by atoms with Crippen LogP contribution in [0.5, 0.6) is 0 Å². The van der Waals surface area contributed by atoms with Gasteiger partial charge in [0.1, 0.15) is 5.82 Å². The maximum atomic E-state index is 13.7. The summed E-state index contributed by atoms with van der Waals surface area (Å²) < 4.78 is 13.7. The highest BCUT2D eigenvalue weighted by atomic mass is 19.1. The molecule has 0 aliphatic heterocycles. The monoisotopic (exact) mass is 283 g/mol. The summed E-state index contributed by atoms with van der Waals surface area (Å²) in [7, 11) is 0. The van der Waals surface area contributed by atoms with Gasteiger partial charge < -0.3 is 5.32 Å². The number of halogens is 1. The minimum Gasteiger partial charge on any atom is -0.310 e. The van der Waals surface area contributed by atoms with Crippen molar-refractivity contribution in [3.05, 3.63) is 58.9 Å². The van der Waals surface area contributed by atoms with E-state index in [1.807, 2.05) is 12.1 Å². The zero-order chi connectivity index (χ0) is 14.8. The van der Waals surface area contributed by atoms with E-state index in [-0.39, 0.29) is 5.82 Å². The van der Waals surface area contributed by atoms with Gasteiger partial charge in [0.2, 0.25) is 0 Å². The van der Waals surface area contributed by atoms with E-state index < -0.39 is 0 Å². The summed E-state index contributed by atoms with van der Waals surface area (Å²) in [4.78, 5) is 0. The van der Waals surface area contributed by atoms with Gasteiger partial charge in [-0.1, -0.05) is 37.3 Å². The molecule has 1 unspecified atom stereocenters. The van der Waals surface area contributed by atoms with Crippen LogP contribution < -0.4 is 5.32 Å². The SMILES string of the molecule is CCCNC1CCc2cc(-c3ccc(C)c(F)c3)ccc21. The lowest BCUT2D eigenvalue weighted by Crippen LogP contribution is -2.19. The summed E-state index contributed by atoms with van der Waals surface area (Å²) in [6.07, 6.45) is 3.44. The van der Waals surface area contributed by atoms with Crippen molar-refractivity contribution in [1.29, 1.82) is 0 Å². The van der Waals surface area contributed by atoms with Crippen molar-refractivity contribution in [2.24, 2.45) is 0 Å². The number of hydrogen-bond acceptors (Lipinski definition) is 1. The highest BCUT2D eigenvalue weighted by molar-refractivity contribution is 5.66. The molecule has 1 nitrogen and oxygen atoms in total. The Hall–Kier alpha value is -1.67. The number of hydrogen-bond donors (Lipinski definition) is 1. The molecular weight excluding hydrogens is 261 g/mol. The molecule has 0 bridgehead atoms. The molecule has 0 fully saturated rings. The molecule has 110 valence electrons. The first-order valence-corrected chi connectivity index (χ1v) is 7.81. The molecule has 3 rings (SSSR count). The topological polar surface area (TPSA) is 12.0 Å². The lowest BCUT2D eigenvalue weighted by molar-refractivity contribution is 0.529. The highest BCUT2D eigenvalue weighted by Gasteiger charge is 2.21. The normalized spacial score (nSPS) is 17.0. The van der Waals surface area contributed by atoms with E-state index in [1.165, 1.54) is 17.5 Å². The minimum atomic E-state index is -0.129. The van der Waals surface area contributed by atoms with Crippen LogP contribution in [-0.4, -0.2) is 6.54 Å². The third-order valence-electron chi connectivity index (χ3n) is 4.37. The van der Waals surface area contributed by atoms with Gasteiger partial charge in [0.05, 0.1) is 0 Å². The molecule has 1 N–H and O–H groups in total. The zero-order valence-electron chi connectivity index (χ0n) is 12.7. The first-order valence-electron chi connectivity index (χ1n) is 7.81. The fraction of sp³-hybridized carbons (Fsp3) is 0.368. The third-order valence-corrected chi connectivity index (χ3v) is 4.37. The van der Waals surface area contributed by atoms with E-state index in [4.69, 9.17) is 0 Å². The average molecular weight is 283 g/mol. The van der Waals surface area contributed by atoms with Gasteiger partial charge in [0.15, 0.2) is 0 Å². The van der Waals surface area contributed by atoms with Crippen LogP contribution in [0.25, 0.3) is 11.1 Å². The molecule has 2 aromatic carbocycles. The van der Waals surface area contributed by atoms with Crippen molar-refractivity contribution in [1.82, 2.24) is 5.32 Å². The molecule has 0 radical (unpaired) electrons. The van der Waals surface area contributed by atoms with Crippen molar-refractivity contribution in [2.45, 2.75) is 39.2 Å². The molecule has 21 heavy (non-hydrogen) atoms. The molecule has 1 aliphatic carbocycles. The van der Waals surface area contributed by atoms with Gasteiger partial charge in [-0.2, -0.15) is 0 Å². The Kier molecular flexibility index (Phi) is 4.07. The summed E-state index contributed by atoms with van der Waals surface area (Å²) in [5.74, 6) is -0.129. The second-order valence-electron chi connectivity index (χ2n) is 5.92. The van der Waals surface area contributed by atoms with Crippen LogP contribution in [0.2, 0.25) is 0 Å².